The van der Waals surface area contributed by atoms with Crippen LogP contribution < -0.4 is 15.8 Å². The summed E-state index contributed by atoms with van der Waals surface area (Å²) in [5.41, 5.74) is 10.7. The Bertz CT molecular complexity index is 1370. The lowest BCUT2D eigenvalue weighted by Crippen LogP contribution is -2.39. The van der Waals surface area contributed by atoms with Gasteiger partial charge in [0.05, 0.1) is 23.8 Å². The average molecular weight is 471 g/mol. The molecule has 3 N–H and O–H groups in total. The summed E-state index contributed by atoms with van der Waals surface area (Å²) < 4.78 is 7.76. The summed E-state index contributed by atoms with van der Waals surface area (Å²) in [5.74, 6) is 1.76. The molecule has 1 saturated carbocycles. The van der Waals surface area contributed by atoms with Crippen LogP contribution in [0.2, 0.25) is 0 Å². The summed E-state index contributed by atoms with van der Waals surface area (Å²) in [6.45, 7) is 6.43. The van der Waals surface area contributed by atoms with Crippen molar-refractivity contribution in [3.05, 3.63) is 66.1 Å². The van der Waals surface area contributed by atoms with Gasteiger partial charge in [0.15, 0.2) is 11.4 Å². The van der Waals surface area contributed by atoms with Crippen LogP contribution >= 0.6 is 0 Å². The molecule has 0 aliphatic heterocycles. The number of carbonyl (C=O) groups is 1. The number of aryl methyl sites for hydroxylation is 1. The molecule has 180 valence electrons. The number of imidazole rings is 1. The summed E-state index contributed by atoms with van der Waals surface area (Å²) in [6.07, 6.45) is 8.08. The maximum absolute atomic E-state index is 12.7. The molecule has 1 aromatic carbocycles. The minimum atomic E-state index is -0.417. The van der Waals surface area contributed by atoms with Crippen LogP contribution in [0.4, 0.5) is 5.69 Å². The van der Waals surface area contributed by atoms with Gasteiger partial charge in [-0.1, -0.05) is 12.1 Å². The summed E-state index contributed by atoms with van der Waals surface area (Å²) >= 11 is 0. The normalized spacial score (nSPS) is 13.7. The number of hydrogen-bond donors (Lipinski definition) is 2. The number of ketones is 1. The number of benzene rings is 1. The Kier molecular flexibility index (Phi) is 5.98. The second kappa shape index (κ2) is 9.11. The number of pyridine rings is 1. The van der Waals surface area contributed by atoms with Crippen LogP contribution in [0.3, 0.4) is 0 Å². The quantitative estimate of drug-likeness (QED) is 0.331. The first kappa shape index (κ1) is 23.0. The van der Waals surface area contributed by atoms with E-state index in [9.17, 15) is 4.79 Å². The Morgan fingerprint density at radius 1 is 1.23 bits per heavy atom. The van der Waals surface area contributed by atoms with E-state index in [-0.39, 0.29) is 5.78 Å². The van der Waals surface area contributed by atoms with Gasteiger partial charge in [0.25, 0.3) is 0 Å². The van der Waals surface area contributed by atoms with Crippen LogP contribution in [-0.2, 0) is 0 Å². The standard InChI is InChI=1S/C27H30N6O2/c1-17-11-19(8-9-21(17)24(34)12-18-6-7-18)23-15-30-26-22(31-16-27(2,3)28)13-25(32-33(23)26)35-20-5-4-10-29-14-20/h4-5,8-11,13-15,18,31H,6-7,12,16,28H2,1-3H3. The molecular formula is C27H30N6O2. The van der Waals surface area contributed by atoms with Gasteiger partial charge in [-0.25, -0.2) is 9.50 Å². The van der Waals surface area contributed by atoms with Crippen molar-refractivity contribution in [3.8, 4) is 22.9 Å². The second-order valence-electron chi connectivity index (χ2n) is 10.0. The van der Waals surface area contributed by atoms with Gasteiger partial charge in [0.1, 0.15) is 5.75 Å². The number of anilines is 1. The third kappa shape index (κ3) is 5.33. The van der Waals surface area contributed by atoms with E-state index in [1.165, 1.54) is 0 Å². The molecule has 0 unspecified atom stereocenters. The highest BCUT2D eigenvalue weighted by Gasteiger charge is 2.25. The number of carbonyl (C=O) groups excluding carboxylic acids is 1. The van der Waals surface area contributed by atoms with Crippen LogP contribution in [0.25, 0.3) is 16.9 Å². The molecule has 1 aliphatic carbocycles. The molecule has 4 aromatic rings. The van der Waals surface area contributed by atoms with Gasteiger partial charge in [-0.2, -0.15) is 0 Å². The number of rotatable bonds is 9. The monoisotopic (exact) mass is 470 g/mol. The minimum absolute atomic E-state index is 0.218. The highest BCUT2D eigenvalue weighted by molar-refractivity contribution is 5.98. The van der Waals surface area contributed by atoms with Crippen molar-refractivity contribution in [2.24, 2.45) is 11.7 Å². The zero-order valence-corrected chi connectivity index (χ0v) is 20.3. The molecule has 0 spiro atoms. The molecule has 0 saturated heterocycles. The number of Topliss-reactive ketones (excluding diaryl/α,β-unsaturated/α-hetero) is 1. The zero-order chi connectivity index (χ0) is 24.6. The van der Waals surface area contributed by atoms with Gasteiger partial charge in [0.2, 0.25) is 5.88 Å². The van der Waals surface area contributed by atoms with Gasteiger partial charge in [-0.3, -0.25) is 9.78 Å². The van der Waals surface area contributed by atoms with Crippen molar-refractivity contribution in [1.29, 1.82) is 0 Å². The van der Waals surface area contributed by atoms with E-state index in [2.05, 4.69) is 15.3 Å². The highest BCUT2D eigenvalue weighted by atomic mass is 16.5. The summed E-state index contributed by atoms with van der Waals surface area (Å²) in [7, 11) is 0. The number of nitrogens with zero attached hydrogens (tertiary/aromatic N) is 4. The fourth-order valence-corrected chi connectivity index (χ4v) is 4.00. The second-order valence-corrected chi connectivity index (χ2v) is 10.0. The van der Waals surface area contributed by atoms with E-state index < -0.39 is 5.54 Å². The topological polar surface area (TPSA) is 107 Å². The average Bonchev–Trinajstić information content (AvgIpc) is 3.53. The Balaban J connectivity index is 1.53. The van der Waals surface area contributed by atoms with Gasteiger partial charge in [-0.15, -0.1) is 5.10 Å². The maximum atomic E-state index is 12.7. The Hall–Kier alpha value is -3.78. The number of fused-ring (bicyclic) bond motifs is 1. The van der Waals surface area contributed by atoms with E-state index in [0.717, 1.165) is 40.9 Å². The minimum Gasteiger partial charge on any atom is -0.436 e. The van der Waals surface area contributed by atoms with Crippen molar-refractivity contribution in [3.63, 3.8) is 0 Å². The Morgan fingerprint density at radius 2 is 2.06 bits per heavy atom. The van der Waals surface area contributed by atoms with Crippen LogP contribution in [0.1, 0.15) is 49.0 Å². The van der Waals surface area contributed by atoms with Crippen molar-refractivity contribution in [1.82, 2.24) is 19.6 Å². The largest absolute Gasteiger partial charge is 0.436 e. The molecule has 0 amide bonds. The molecule has 5 rings (SSSR count). The molecule has 3 aromatic heterocycles. The molecule has 1 aliphatic rings. The molecule has 8 nitrogen and oxygen atoms in total. The fourth-order valence-electron chi connectivity index (χ4n) is 4.00. The van der Waals surface area contributed by atoms with Crippen LogP contribution in [0.15, 0.2) is 55.0 Å². The molecule has 1 fully saturated rings. The molecule has 0 atom stereocenters. The third-order valence-electron chi connectivity index (χ3n) is 6.03. The number of ether oxygens (including phenoxy) is 1. The third-order valence-corrected chi connectivity index (χ3v) is 6.03. The van der Waals surface area contributed by atoms with Gasteiger partial charge < -0.3 is 15.8 Å². The van der Waals surface area contributed by atoms with E-state index in [1.807, 2.05) is 57.2 Å². The van der Waals surface area contributed by atoms with Gasteiger partial charge in [-0.05, 0) is 63.3 Å². The zero-order valence-electron chi connectivity index (χ0n) is 20.3. The first-order chi connectivity index (χ1) is 16.8. The van der Waals surface area contributed by atoms with Crippen molar-refractivity contribution < 1.29 is 9.53 Å². The van der Waals surface area contributed by atoms with Crippen molar-refractivity contribution in [2.75, 3.05) is 11.9 Å². The molecule has 0 bridgehead atoms. The highest BCUT2D eigenvalue weighted by Crippen LogP contribution is 2.34. The lowest BCUT2D eigenvalue weighted by Gasteiger charge is -2.20. The van der Waals surface area contributed by atoms with Crippen molar-refractivity contribution in [2.45, 2.75) is 45.6 Å². The molecule has 3 heterocycles. The van der Waals surface area contributed by atoms with E-state index in [1.54, 1.807) is 23.1 Å². The van der Waals surface area contributed by atoms with E-state index in [0.29, 0.717) is 36.2 Å². The van der Waals surface area contributed by atoms with Crippen LogP contribution in [-0.4, -0.2) is 37.4 Å². The van der Waals surface area contributed by atoms with Crippen molar-refractivity contribution >= 4 is 17.1 Å². The first-order valence-electron chi connectivity index (χ1n) is 11.9. The summed E-state index contributed by atoms with van der Waals surface area (Å²) in [5, 5.41) is 8.10. The molecular weight excluding hydrogens is 440 g/mol. The Morgan fingerprint density at radius 3 is 2.74 bits per heavy atom. The number of nitrogens with one attached hydrogen (secondary N) is 1. The predicted molar refractivity (Wildman–Crippen MR) is 136 cm³/mol. The van der Waals surface area contributed by atoms with Gasteiger partial charge in [0, 0.05) is 41.9 Å². The number of aromatic nitrogens is 4. The summed E-state index contributed by atoms with van der Waals surface area (Å²) in [4.78, 5) is 21.4. The lowest BCUT2D eigenvalue weighted by molar-refractivity contribution is 0.0975. The van der Waals surface area contributed by atoms with Gasteiger partial charge >= 0.3 is 0 Å². The van der Waals surface area contributed by atoms with E-state index >= 15 is 0 Å². The SMILES string of the molecule is Cc1cc(-c2cnc3c(NCC(C)(C)N)cc(Oc4cccnc4)nn23)ccc1C(=O)CC1CC1. The lowest BCUT2D eigenvalue weighted by atomic mass is 9.98. The molecule has 8 heteroatoms. The number of hydrogen-bond acceptors (Lipinski definition) is 7. The van der Waals surface area contributed by atoms with Crippen LogP contribution in [0, 0.1) is 12.8 Å². The van der Waals surface area contributed by atoms with Crippen LogP contribution in [0.5, 0.6) is 11.6 Å². The predicted octanol–water partition coefficient (Wildman–Crippen LogP) is 5.02. The molecule has 0 radical (unpaired) electrons. The number of nitrogens with two attached hydrogens (primary N) is 1. The smallest absolute Gasteiger partial charge is 0.239 e. The maximum Gasteiger partial charge on any atom is 0.239 e. The molecule has 35 heavy (non-hydrogen) atoms. The first-order valence-corrected chi connectivity index (χ1v) is 11.9. The fraction of sp³-hybridized carbons (Fsp3) is 0.333. The van der Waals surface area contributed by atoms with E-state index in [4.69, 9.17) is 15.6 Å². The Labute approximate surface area is 204 Å². The summed E-state index contributed by atoms with van der Waals surface area (Å²) in [6, 6.07) is 11.3.